The van der Waals surface area contributed by atoms with E-state index in [2.05, 4.69) is 29.6 Å². The van der Waals surface area contributed by atoms with Gasteiger partial charge < -0.3 is 5.32 Å². The highest BCUT2D eigenvalue weighted by Gasteiger charge is 2.19. The molecule has 2 aromatic rings. The van der Waals surface area contributed by atoms with Crippen molar-refractivity contribution in [1.82, 2.24) is 5.32 Å². The van der Waals surface area contributed by atoms with Crippen molar-refractivity contribution in [3.63, 3.8) is 0 Å². The second-order valence-corrected chi connectivity index (χ2v) is 5.31. The van der Waals surface area contributed by atoms with Gasteiger partial charge in [-0.05, 0) is 47.6 Å². The summed E-state index contributed by atoms with van der Waals surface area (Å²) in [7, 11) is 0. The van der Waals surface area contributed by atoms with E-state index in [4.69, 9.17) is 0 Å². The fourth-order valence-corrected chi connectivity index (χ4v) is 2.88. The Balaban J connectivity index is 1.71. The summed E-state index contributed by atoms with van der Waals surface area (Å²) in [6, 6.07) is 12.6. The monoisotopic (exact) mass is 273 g/mol. The van der Waals surface area contributed by atoms with Crippen molar-refractivity contribution < 1.29 is 8.78 Å². The molecule has 1 atom stereocenters. The maximum Gasteiger partial charge on any atom is 0.159 e. The minimum atomic E-state index is -0.779. The van der Waals surface area contributed by atoms with Gasteiger partial charge in [-0.25, -0.2) is 8.78 Å². The van der Waals surface area contributed by atoms with Gasteiger partial charge >= 0.3 is 0 Å². The van der Waals surface area contributed by atoms with Crippen molar-refractivity contribution in [2.75, 3.05) is 6.54 Å². The summed E-state index contributed by atoms with van der Waals surface area (Å²) in [6.45, 7) is 1.86. The summed E-state index contributed by atoms with van der Waals surface area (Å²) in [5, 5.41) is 3.41. The van der Waals surface area contributed by atoms with Crippen LogP contribution in [0.3, 0.4) is 0 Å². The molecule has 0 bridgehead atoms. The van der Waals surface area contributed by atoms with E-state index >= 15 is 0 Å². The predicted octanol–water partition coefficient (Wildman–Crippen LogP) is 3.78. The van der Waals surface area contributed by atoms with Crippen LogP contribution in [0.1, 0.15) is 29.0 Å². The molecule has 20 heavy (non-hydrogen) atoms. The molecule has 0 spiro atoms. The lowest BCUT2D eigenvalue weighted by Gasteiger charge is -2.26. The molecule has 1 aliphatic rings. The largest absolute Gasteiger partial charge is 0.312 e. The summed E-state index contributed by atoms with van der Waals surface area (Å²) in [5.41, 5.74) is 3.58. The standard InChI is InChI=1S/C17H17F2N/c18-16-8-6-12(9-17(16)19)5-7-14-11-20-10-13-3-1-2-4-15(13)14/h1-4,6,8-9,14,20H,5,7,10-11H2. The summed E-state index contributed by atoms with van der Waals surface area (Å²) >= 11 is 0. The third kappa shape index (κ3) is 2.73. The van der Waals surface area contributed by atoms with Crippen molar-refractivity contribution in [3.05, 3.63) is 70.8 Å². The molecule has 0 aromatic heterocycles. The Labute approximate surface area is 117 Å². The number of fused-ring (bicyclic) bond motifs is 1. The lowest BCUT2D eigenvalue weighted by molar-refractivity contribution is 0.500. The molecule has 2 aromatic carbocycles. The van der Waals surface area contributed by atoms with Crippen molar-refractivity contribution >= 4 is 0 Å². The van der Waals surface area contributed by atoms with Crippen molar-refractivity contribution in [2.45, 2.75) is 25.3 Å². The van der Waals surface area contributed by atoms with Crippen LogP contribution in [0, 0.1) is 11.6 Å². The topological polar surface area (TPSA) is 12.0 Å². The zero-order chi connectivity index (χ0) is 13.9. The third-order valence-corrected chi connectivity index (χ3v) is 3.97. The number of aryl methyl sites for hydroxylation is 1. The highest BCUT2D eigenvalue weighted by atomic mass is 19.2. The fraction of sp³-hybridized carbons (Fsp3) is 0.294. The first-order valence-corrected chi connectivity index (χ1v) is 6.96. The van der Waals surface area contributed by atoms with Gasteiger partial charge in [-0.15, -0.1) is 0 Å². The molecule has 3 heteroatoms. The molecule has 0 fully saturated rings. The van der Waals surface area contributed by atoms with Gasteiger partial charge in [-0.3, -0.25) is 0 Å². The zero-order valence-corrected chi connectivity index (χ0v) is 11.2. The predicted molar refractivity (Wildman–Crippen MR) is 75.6 cm³/mol. The van der Waals surface area contributed by atoms with E-state index in [0.29, 0.717) is 5.92 Å². The van der Waals surface area contributed by atoms with Crippen molar-refractivity contribution in [2.24, 2.45) is 0 Å². The van der Waals surface area contributed by atoms with Gasteiger partial charge in [0.15, 0.2) is 11.6 Å². The zero-order valence-electron chi connectivity index (χ0n) is 11.2. The summed E-state index contributed by atoms with van der Waals surface area (Å²) in [4.78, 5) is 0. The van der Waals surface area contributed by atoms with E-state index in [1.807, 2.05) is 0 Å². The van der Waals surface area contributed by atoms with Crippen molar-refractivity contribution in [1.29, 1.82) is 0 Å². The summed E-state index contributed by atoms with van der Waals surface area (Å²) in [5.74, 6) is -1.10. The molecule has 0 amide bonds. The number of halogens is 2. The molecule has 0 aliphatic carbocycles. The maximum absolute atomic E-state index is 13.2. The molecule has 1 nitrogen and oxygen atoms in total. The second-order valence-electron chi connectivity index (χ2n) is 5.31. The van der Waals surface area contributed by atoms with Gasteiger partial charge in [0.05, 0.1) is 0 Å². The van der Waals surface area contributed by atoms with Crippen LogP contribution < -0.4 is 5.32 Å². The molecular weight excluding hydrogens is 256 g/mol. The maximum atomic E-state index is 13.2. The third-order valence-electron chi connectivity index (χ3n) is 3.97. The molecular formula is C17H17F2N. The van der Waals surface area contributed by atoms with Crippen molar-refractivity contribution in [3.8, 4) is 0 Å². The minimum Gasteiger partial charge on any atom is -0.312 e. The molecule has 1 unspecified atom stereocenters. The average Bonchev–Trinajstić information content (AvgIpc) is 2.48. The van der Waals surface area contributed by atoms with Gasteiger partial charge in [-0.2, -0.15) is 0 Å². The highest BCUT2D eigenvalue weighted by molar-refractivity contribution is 5.33. The smallest absolute Gasteiger partial charge is 0.159 e. The Bertz CT molecular complexity index is 610. The van der Waals surface area contributed by atoms with Gasteiger partial charge in [0.25, 0.3) is 0 Å². The average molecular weight is 273 g/mol. The number of benzene rings is 2. The van der Waals surface area contributed by atoms with Gasteiger partial charge in [-0.1, -0.05) is 30.3 Å². The molecule has 3 rings (SSSR count). The van der Waals surface area contributed by atoms with Gasteiger partial charge in [0.1, 0.15) is 0 Å². The van der Waals surface area contributed by atoms with Crippen LogP contribution in [0.5, 0.6) is 0 Å². The number of hydrogen-bond donors (Lipinski definition) is 1. The van der Waals surface area contributed by atoms with Crippen LogP contribution >= 0.6 is 0 Å². The number of rotatable bonds is 3. The first-order chi connectivity index (χ1) is 9.74. The minimum absolute atomic E-state index is 0.438. The lowest BCUT2D eigenvalue weighted by Crippen LogP contribution is -2.28. The van der Waals surface area contributed by atoms with Crippen LogP contribution in [0.4, 0.5) is 8.78 Å². The van der Waals surface area contributed by atoms with Crippen LogP contribution in [0.2, 0.25) is 0 Å². The SMILES string of the molecule is Fc1ccc(CCC2CNCc3ccccc32)cc1F. The molecule has 1 N–H and O–H groups in total. The highest BCUT2D eigenvalue weighted by Crippen LogP contribution is 2.27. The number of hydrogen-bond acceptors (Lipinski definition) is 1. The normalized spacial score (nSPS) is 17.8. The Hall–Kier alpha value is -1.74. The van der Waals surface area contributed by atoms with E-state index in [1.165, 1.54) is 23.3 Å². The summed E-state index contributed by atoms with van der Waals surface area (Å²) in [6.07, 6.45) is 1.70. The Kier molecular flexibility index (Phi) is 3.79. The molecule has 0 saturated heterocycles. The molecule has 1 aliphatic heterocycles. The van der Waals surface area contributed by atoms with Gasteiger partial charge in [0, 0.05) is 13.1 Å². The van der Waals surface area contributed by atoms with E-state index < -0.39 is 11.6 Å². The lowest BCUT2D eigenvalue weighted by atomic mass is 9.86. The van der Waals surface area contributed by atoms with E-state index in [-0.39, 0.29) is 0 Å². The fourth-order valence-electron chi connectivity index (χ4n) is 2.88. The Morgan fingerprint density at radius 2 is 1.90 bits per heavy atom. The van der Waals surface area contributed by atoms with E-state index in [1.54, 1.807) is 6.07 Å². The van der Waals surface area contributed by atoms with Crippen LogP contribution in [0.25, 0.3) is 0 Å². The van der Waals surface area contributed by atoms with Crippen LogP contribution in [0.15, 0.2) is 42.5 Å². The molecule has 0 radical (unpaired) electrons. The van der Waals surface area contributed by atoms with Crippen LogP contribution in [-0.2, 0) is 13.0 Å². The summed E-state index contributed by atoms with van der Waals surface area (Å²) < 4.78 is 26.1. The van der Waals surface area contributed by atoms with E-state index in [9.17, 15) is 8.78 Å². The first kappa shape index (κ1) is 13.3. The second kappa shape index (κ2) is 5.71. The number of nitrogens with one attached hydrogen (secondary N) is 1. The Morgan fingerprint density at radius 3 is 2.75 bits per heavy atom. The molecule has 1 heterocycles. The quantitative estimate of drug-likeness (QED) is 0.897. The van der Waals surface area contributed by atoms with E-state index in [0.717, 1.165) is 31.5 Å². The molecule has 104 valence electrons. The van der Waals surface area contributed by atoms with Gasteiger partial charge in [0.2, 0.25) is 0 Å². The Morgan fingerprint density at radius 1 is 1.05 bits per heavy atom. The molecule has 0 saturated carbocycles. The van der Waals surface area contributed by atoms with Crippen LogP contribution in [-0.4, -0.2) is 6.54 Å². The first-order valence-electron chi connectivity index (χ1n) is 6.96.